The quantitative estimate of drug-likeness (QED) is 0.843. The van der Waals surface area contributed by atoms with Crippen LogP contribution in [0.4, 0.5) is 0 Å². The first-order chi connectivity index (χ1) is 9.69. The molecule has 0 aliphatic rings. The number of rotatable bonds is 7. The first kappa shape index (κ1) is 14.6. The average molecular weight is 273 g/mol. The molecule has 2 rings (SSSR count). The molecule has 4 nitrogen and oxygen atoms in total. The number of ether oxygens (including phenoxy) is 1. The van der Waals surface area contributed by atoms with E-state index in [4.69, 9.17) is 4.74 Å². The SMILES string of the molecule is CCOc1ccc(C(C)NC(C)Cn2cccn2)cc1. The number of nitrogens with zero attached hydrogens (tertiary/aromatic N) is 2. The van der Waals surface area contributed by atoms with Crippen LogP contribution in [-0.4, -0.2) is 22.4 Å². The predicted octanol–water partition coefficient (Wildman–Crippen LogP) is 3.02. The van der Waals surface area contributed by atoms with Crippen molar-refractivity contribution >= 4 is 0 Å². The summed E-state index contributed by atoms with van der Waals surface area (Å²) in [5.41, 5.74) is 1.26. The van der Waals surface area contributed by atoms with Gasteiger partial charge in [0.05, 0.1) is 13.2 Å². The van der Waals surface area contributed by atoms with Crippen molar-refractivity contribution in [2.75, 3.05) is 6.61 Å². The lowest BCUT2D eigenvalue weighted by Crippen LogP contribution is -2.32. The fourth-order valence-electron chi connectivity index (χ4n) is 2.28. The molecule has 0 aliphatic heterocycles. The van der Waals surface area contributed by atoms with Crippen molar-refractivity contribution in [2.24, 2.45) is 0 Å². The van der Waals surface area contributed by atoms with E-state index in [-0.39, 0.29) is 0 Å². The Balaban J connectivity index is 1.88. The lowest BCUT2D eigenvalue weighted by molar-refractivity contribution is 0.340. The van der Waals surface area contributed by atoms with Gasteiger partial charge in [-0.3, -0.25) is 4.68 Å². The van der Waals surface area contributed by atoms with E-state index < -0.39 is 0 Å². The highest BCUT2D eigenvalue weighted by Crippen LogP contribution is 2.18. The second kappa shape index (κ2) is 7.10. The van der Waals surface area contributed by atoms with E-state index in [0.717, 1.165) is 12.3 Å². The second-order valence-corrected chi connectivity index (χ2v) is 5.02. The van der Waals surface area contributed by atoms with Gasteiger partial charge in [0.25, 0.3) is 0 Å². The Morgan fingerprint density at radius 3 is 2.60 bits per heavy atom. The van der Waals surface area contributed by atoms with Crippen molar-refractivity contribution in [1.82, 2.24) is 15.1 Å². The number of aromatic nitrogens is 2. The minimum Gasteiger partial charge on any atom is -0.494 e. The maximum Gasteiger partial charge on any atom is 0.119 e. The van der Waals surface area contributed by atoms with Gasteiger partial charge in [-0.1, -0.05) is 12.1 Å². The first-order valence-electron chi connectivity index (χ1n) is 7.15. The number of hydrogen-bond acceptors (Lipinski definition) is 3. The van der Waals surface area contributed by atoms with Crippen molar-refractivity contribution in [2.45, 2.75) is 39.4 Å². The van der Waals surface area contributed by atoms with Gasteiger partial charge < -0.3 is 10.1 Å². The van der Waals surface area contributed by atoms with Crippen LogP contribution in [0.25, 0.3) is 0 Å². The topological polar surface area (TPSA) is 39.1 Å². The van der Waals surface area contributed by atoms with Gasteiger partial charge in [0.2, 0.25) is 0 Å². The Bertz CT molecular complexity index is 493. The van der Waals surface area contributed by atoms with Gasteiger partial charge in [0.1, 0.15) is 5.75 Å². The molecule has 0 bridgehead atoms. The maximum absolute atomic E-state index is 5.46. The summed E-state index contributed by atoms with van der Waals surface area (Å²) < 4.78 is 7.41. The molecule has 2 atom stereocenters. The summed E-state index contributed by atoms with van der Waals surface area (Å²) in [7, 11) is 0. The van der Waals surface area contributed by atoms with Crippen LogP contribution in [0, 0.1) is 0 Å². The molecule has 20 heavy (non-hydrogen) atoms. The third-order valence-electron chi connectivity index (χ3n) is 3.25. The first-order valence-corrected chi connectivity index (χ1v) is 7.15. The Morgan fingerprint density at radius 2 is 2.00 bits per heavy atom. The molecular weight excluding hydrogens is 250 g/mol. The van der Waals surface area contributed by atoms with E-state index >= 15 is 0 Å². The molecule has 4 heteroatoms. The van der Waals surface area contributed by atoms with Gasteiger partial charge in [0.15, 0.2) is 0 Å². The van der Waals surface area contributed by atoms with Crippen LogP contribution < -0.4 is 10.1 Å². The summed E-state index contributed by atoms with van der Waals surface area (Å²) in [6.45, 7) is 7.92. The van der Waals surface area contributed by atoms with E-state index in [1.165, 1.54) is 5.56 Å². The van der Waals surface area contributed by atoms with Crippen LogP contribution >= 0.6 is 0 Å². The average Bonchev–Trinajstić information content (AvgIpc) is 2.92. The molecule has 0 saturated heterocycles. The van der Waals surface area contributed by atoms with Crippen molar-refractivity contribution in [3.05, 3.63) is 48.3 Å². The van der Waals surface area contributed by atoms with Gasteiger partial charge >= 0.3 is 0 Å². The molecule has 0 aliphatic carbocycles. The Morgan fingerprint density at radius 1 is 1.25 bits per heavy atom. The molecule has 2 aromatic rings. The van der Waals surface area contributed by atoms with Crippen LogP contribution in [0.3, 0.4) is 0 Å². The summed E-state index contributed by atoms with van der Waals surface area (Å²) in [6.07, 6.45) is 3.79. The minimum atomic E-state index is 0.302. The second-order valence-electron chi connectivity index (χ2n) is 5.02. The normalized spacial score (nSPS) is 13.9. The molecule has 0 fully saturated rings. The lowest BCUT2D eigenvalue weighted by Gasteiger charge is -2.20. The largest absolute Gasteiger partial charge is 0.494 e. The summed E-state index contributed by atoms with van der Waals surface area (Å²) in [5, 5.41) is 7.81. The van der Waals surface area contributed by atoms with E-state index in [0.29, 0.717) is 18.7 Å². The molecule has 1 heterocycles. The van der Waals surface area contributed by atoms with Crippen molar-refractivity contribution in [1.29, 1.82) is 0 Å². The third-order valence-corrected chi connectivity index (χ3v) is 3.25. The Labute approximate surface area is 120 Å². The Kier molecular flexibility index (Phi) is 5.18. The number of benzene rings is 1. The van der Waals surface area contributed by atoms with Crippen molar-refractivity contribution in [3.8, 4) is 5.75 Å². The fourth-order valence-corrected chi connectivity index (χ4v) is 2.28. The summed E-state index contributed by atoms with van der Waals surface area (Å²) in [5.74, 6) is 0.924. The van der Waals surface area contributed by atoms with Crippen LogP contribution in [0.5, 0.6) is 5.75 Å². The van der Waals surface area contributed by atoms with E-state index in [1.54, 1.807) is 0 Å². The Hall–Kier alpha value is -1.81. The molecule has 108 valence electrons. The molecule has 1 N–H and O–H groups in total. The standard InChI is InChI=1S/C16H23N3O/c1-4-20-16-8-6-15(7-9-16)14(3)18-13(2)12-19-11-5-10-17-19/h5-11,13-14,18H,4,12H2,1-3H3. The summed E-state index contributed by atoms with van der Waals surface area (Å²) in [4.78, 5) is 0. The smallest absolute Gasteiger partial charge is 0.119 e. The molecule has 0 saturated carbocycles. The molecule has 2 unspecified atom stereocenters. The van der Waals surface area contributed by atoms with Crippen LogP contribution in [0.15, 0.2) is 42.7 Å². The zero-order chi connectivity index (χ0) is 14.4. The number of nitrogens with one attached hydrogen (secondary N) is 1. The highest BCUT2D eigenvalue weighted by atomic mass is 16.5. The van der Waals surface area contributed by atoms with Gasteiger partial charge in [-0.25, -0.2) is 0 Å². The van der Waals surface area contributed by atoms with E-state index in [9.17, 15) is 0 Å². The molecule has 0 amide bonds. The van der Waals surface area contributed by atoms with Gasteiger partial charge in [-0.15, -0.1) is 0 Å². The molecule has 0 spiro atoms. The van der Waals surface area contributed by atoms with E-state index in [1.807, 2.05) is 42.2 Å². The zero-order valence-electron chi connectivity index (χ0n) is 12.4. The highest BCUT2D eigenvalue weighted by Gasteiger charge is 2.10. The zero-order valence-corrected chi connectivity index (χ0v) is 12.4. The van der Waals surface area contributed by atoms with Crippen molar-refractivity contribution in [3.63, 3.8) is 0 Å². The van der Waals surface area contributed by atoms with Crippen molar-refractivity contribution < 1.29 is 4.74 Å². The van der Waals surface area contributed by atoms with Crippen LogP contribution in [0.1, 0.15) is 32.4 Å². The van der Waals surface area contributed by atoms with Gasteiger partial charge in [0, 0.05) is 24.5 Å². The summed E-state index contributed by atoms with van der Waals surface area (Å²) >= 11 is 0. The summed E-state index contributed by atoms with van der Waals surface area (Å²) in [6, 6.07) is 10.9. The highest BCUT2D eigenvalue weighted by molar-refractivity contribution is 5.28. The number of hydrogen-bond donors (Lipinski definition) is 1. The lowest BCUT2D eigenvalue weighted by atomic mass is 10.1. The third kappa shape index (κ3) is 4.10. The molecule has 1 aromatic carbocycles. The van der Waals surface area contributed by atoms with Crippen LogP contribution in [-0.2, 0) is 6.54 Å². The predicted molar refractivity (Wildman–Crippen MR) is 80.9 cm³/mol. The van der Waals surface area contributed by atoms with Crippen LogP contribution in [0.2, 0.25) is 0 Å². The van der Waals surface area contributed by atoms with E-state index in [2.05, 4.69) is 36.4 Å². The minimum absolute atomic E-state index is 0.302. The van der Waals surface area contributed by atoms with Gasteiger partial charge in [-0.05, 0) is 44.5 Å². The van der Waals surface area contributed by atoms with Gasteiger partial charge in [-0.2, -0.15) is 5.10 Å². The monoisotopic (exact) mass is 273 g/mol. The molecular formula is C16H23N3O. The maximum atomic E-state index is 5.46. The fraction of sp³-hybridized carbons (Fsp3) is 0.438. The molecule has 1 aromatic heterocycles. The molecule has 0 radical (unpaired) electrons.